The molecule has 0 heterocycles. The number of phenolic OH excluding ortho intramolecular Hbond substituents is 1. The zero-order valence-corrected chi connectivity index (χ0v) is 17.2. The molecule has 6 heteroatoms. The van der Waals surface area contributed by atoms with E-state index in [9.17, 15) is 18.1 Å². The summed E-state index contributed by atoms with van der Waals surface area (Å²) in [6.07, 6.45) is 9.32. The van der Waals surface area contributed by atoms with Gasteiger partial charge in [0.25, 0.3) is 10.1 Å². The smallest absolute Gasteiger partial charge is 0.298 e. The van der Waals surface area contributed by atoms with Gasteiger partial charge in [0.2, 0.25) is 0 Å². The Hall–Kier alpha value is -2.05. The van der Waals surface area contributed by atoms with E-state index in [2.05, 4.69) is 6.92 Å². The highest BCUT2D eigenvalue weighted by Gasteiger charge is 2.24. The molecule has 2 rings (SSSR count). The van der Waals surface area contributed by atoms with Gasteiger partial charge >= 0.3 is 0 Å². The molecule has 0 radical (unpaired) electrons. The molecule has 0 aliphatic heterocycles. The molecule has 2 aromatic rings. The molecule has 0 aliphatic carbocycles. The minimum Gasteiger partial charge on any atom is -0.506 e. The number of rotatable bonds is 12. The van der Waals surface area contributed by atoms with Crippen molar-refractivity contribution in [3.05, 3.63) is 48.0 Å². The molecule has 28 heavy (non-hydrogen) atoms. The maximum absolute atomic E-state index is 11.9. The summed E-state index contributed by atoms with van der Waals surface area (Å²) in [4.78, 5) is -0.455. The third kappa shape index (κ3) is 6.84. The van der Waals surface area contributed by atoms with Crippen molar-refractivity contribution >= 4 is 10.1 Å². The van der Waals surface area contributed by atoms with Crippen LogP contribution in [0, 0.1) is 0 Å². The van der Waals surface area contributed by atoms with Gasteiger partial charge in [-0.2, -0.15) is 8.42 Å². The number of phenols is 1. The first-order chi connectivity index (χ1) is 13.4. The lowest BCUT2D eigenvalue weighted by Gasteiger charge is -2.15. The average molecular weight is 407 g/mol. The maximum Gasteiger partial charge on any atom is 0.298 e. The van der Waals surface area contributed by atoms with Gasteiger partial charge in [-0.3, -0.25) is 4.55 Å². The van der Waals surface area contributed by atoms with Crippen LogP contribution in [0.2, 0.25) is 0 Å². The van der Waals surface area contributed by atoms with Crippen LogP contribution >= 0.6 is 0 Å². The number of benzene rings is 2. The Kier molecular flexibility index (Phi) is 8.80. The largest absolute Gasteiger partial charge is 0.506 e. The van der Waals surface area contributed by atoms with Crippen LogP contribution in [0.5, 0.6) is 17.2 Å². The quantitative estimate of drug-likeness (QED) is 0.328. The highest BCUT2D eigenvalue weighted by Crippen LogP contribution is 2.37. The van der Waals surface area contributed by atoms with Crippen molar-refractivity contribution in [2.24, 2.45) is 0 Å². The van der Waals surface area contributed by atoms with Gasteiger partial charge in [0.1, 0.15) is 22.1 Å². The molecule has 5 nitrogen and oxygen atoms in total. The van der Waals surface area contributed by atoms with Gasteiger partial charge in [0, 0.05) is 5.56 Å². The molecule has 2 aromatic carbocycles. The number of hydrogen-bond donors (Lipinski definition) is 2. The van der Waals surface area contributed by atoms with E-state index in [1.807, 2.05) is 18.2 Å². The molecular weight excluding hydrogens is 376 g/mol. The first kappa shape index (κ1) is 22.2. The Labute approximate surface area is 168 Å². The lowest BCUT2D eigenvalue weighted by molar-refractivity contribution is 0.428. The molecule has 0 spiro atoms. The Bertz CT molecular complexity index is 832. The second-order valence-corrected chi connectivity index (χ2v) is 8.36. The number of hydrogen-bond acceptors (Lipinski definition) is 4. The second kappa shape index (κ2) is 11.1. The molecule has 0 saturated carbocycles. The summed E-state index contributed by atoms with van der Waals surface area (Å²) in [6.45, 7) is 2.19. The monoisotopic (exact) mass is 406 g/mol. The molecule has 0 unspecified atom stereocenters. The summed E-state index contributed by atoms with van der Waals surface area (Å²) in [5.74, 6) is 0.434. The average Bonchev–Trinajstić information content (AvgIpc) is 2.65. The minimum absolute atomic E-state index is 0.317. The van der Waals surface area contributed by atoms with Crippen LogP contribution in [-0.4, -0.2) is 18.1 Å². The van der Waals surface area contributed by atoms with E-state index in [0.717, 1.165) is 19.3 Å². The summed E-state index contributed by atoms with van der Waals surface area (Å²) in [7, 11) is -4.57. The van der Waals surface area contributed by atoms with Crippen LogP contribution in [0.4, 0.5) is 0 Å². The van der Waals surface area contributed by atoms with Crippen LogP contribution in [0.1, 0.15) is 63.9 Å². The van der Waals surface area contributed by atoms with Crippen LogP contribution < -0.4 is 4.74 Å². The first-order valence-corrected chi connectivity index (χ1v) is 11.4. The lowest BCUT2D eigenvalue weighted by atomic mass is 10.0. The maximum atomic E-state index is 11.9. The fraction of sp³-hybridized carbons (Fsp3) is 0.455. The molecule has 0 aliphatic rings. The molecule has 0 amide bonds. The molecule has 154 valence electrons. The predicted molar refractivity (Wildman–Crippen MR) is 111 cm³/mol. The third-order valence-corrected chi connectivity index (χ3v) is 5.68. The van der Waals surface area contributed by atoms with Gasteiger partial charge in [-0.05, 0) is 37.1 Å². The van der Waals surface area contributed by atoms with Crippen LogP contribution in [0.3, 0.4) is 0 Å². The summed E-state index contributed by atoms with van der Waals surface area (Å²) < 4.78 is 39.2. The van der Waals surface area contributed by atoms with E-state index < -0.39 is 20.8 Å². The molecule has 0 aromatic heterocycles. The van der Waals surface area contributed by atoms with Gasteiger partial charge in [0.15, 0.2) is 0 Å². The Morgan fingerprint density at radius 2 is 1.46 bits per heavy atom. The molecule has 0 atom stereocenters. The number of ether oxygens (including phenoxy) is 1. The molecular formula is C22H30O5S. The lowest BCUT2D eigenvalue weighted by Crippen LogP contribution is -2.06. The van der Waals surface area contributed by atoms with Crippen molar-refractivity contribution in [2.75, 3.05) is 0 Å². The summed E-state index contributed by atoms with van der Waals surface area (Å²) in [5.41, 5.74) is 0.317. The Morgan fingerprint density at radius 3 is 2.07 bits per heavy atom. The molecule has 0 saturated heterocycles. The summed E-state index contributed by atoms with van der Waals surface area (Å²) in [6, 6.07) is 11.8. The van der Waals surface area contributed by atoms with E-state index >= 15 is 0 Å². The van der Waals surface area contributed by atoms with E-state index in [1.165, 1.54) is 44.2 Å². The summed E-state index contributed by atoms with van der Waals surface area (Å²) in [5, 5.41) is 10.0. The highest BCUT2D eigenvalue weighted by molar-refractivity contribution is 7.86. The molecule has 0 bridgehead atoms. The SMILES string of the molecule is CCCCCCCCCCc1c(Oc2ccccc2)ccc(O)c1S(=O)(=O)O. The van der Waals surface area contributed by atoms with Gasteiger partial charge < -0.3 is 9.84 Å². The Morgan fingerprint density at radius 1 is 0.857 bits per heavy atom. The van der Waals surface area contributed by atoms with Gasteiger partial charge in [-0.25, -0.2) is 0 Å². The van der Waals surface area contributed by atoms with E-state index in [1.54, 1.807) is 12.1 Å². The van der Waals surface area contributed by atoms with E-state index in [-0.39, 0.29) is 0 Å². The van der Waals surface area contributed by atoms with Crippen LogP contribution in [-0.2, 0) is 16.5 Å². The van der Waals surface area contributed by atoms with Gasteiger partial charge in [0.05, 0.1) is 0 Å². The predicted octanol–water partition coefficient (Wildman–Crippen LogP) is 6.11. The van der Waals surface area contributed by atoms with Gasteiger partial charge in [-0.1, -0.05) is 70.1 Å². The zero-order chi connectivity index (χ0) is 20.4. The van der Waals surface area contributed by atoms with Gasteiger partial charge in [-0.15, -0.1) is 0 Å². The standard InChI is InChI=1S/C22H30O5S/c1-2-3-4-5-6-7-8-12-15-19-21(27-18-13-10-9-11-14-18)17-16-20(23)22(19)28(24,25)26/h9-11,13-14,16-17,23H,2-8,12,15H2,1H3,(H,24,25,26). The zero-order valence-electron chi connectivity index (χ0n) is 16.4. The summed E-state index contributed by atoms with van der Waals surface area (Å²) >= 11 is 0. The van der Waals surface area contributed by atoms with Crippen molar-refractivity contribution in [1.82, 2.24) is 0 Å². The van der Waals surface area contributed by atoms with Crippen molar-refractivity contribution in [3.63, 3.8) is 0 Å². The minimum atomic E-state index is -4.57. The third-order valence-electron chi connectivity index (χ3n) is 4.71. The second-order valence-electron chi connectivity index (χ2n) is 7.01. The molecule has 2 N–H and O–H groups in total. The fourth-order valence-electron chi connectivity index (χ4n) is 3.27. The van der Waals surface area contributed by atoms with Crippen molar-refractivity contribution in [1.29, 1.82) is 0 Å². The van der Waals surface area contributed by atoms with E-state index in [4.69, 9.17) is 4.74 Å². The van der Waals surface area contributed by atoms with Crippen molar-refractivity contribution < 1.29 is 22.8 Å². The molecule has 0 fully saturated rings. The highest BCUT2D eigenvalue weighted by atomic mass is 32.2. The normalized spacial score (nSPS) is 11.5. The van der Waals surface area contributed by atoms with Crippen molar-refractivity contribution in [2.45, 2.75) is 69.6 Å². The van der Waals surface area contributed by atoms with Crippen LogP contribution in [0.25, 0.3) is 0 Å². The number of aromatic hydroxyl groups is 1. The van der Waals surface area contributed by atoms with Crippen molar-refractivity contribution in [3.8, 4) is 17.2 Å². The fourth-order valence-corrected chi connectivity index (χ4v) is 4.12. The Balaban J connectivity index is 2.11. The topological polar surface area (TPSA) is 83.8 Å². The number of para-hydroxylation sites is 1. The first-order valence-electron chi connectivity index (χ1n) is 9.98. The van der Waals surface area contributed by atoms with Crippen LogP contribution in [0.15, 0.2) is 47.4 Å². The van der Waals surface area contributed by atoms with E-state index in [0.29, 0.717) is 23.5 Å². The number of unbranched alkanes of at least 4 members (excludes halogenated alkanes) is 7.